The highest BCUT2D eigenvalue weighted by Gasteiger charge is 2.14. The van der Waals surface area contributed by atoms with E-state index < -0.39 is 17.8 Å². The number of rotatable bonds is 5. The number of carbonyl (C=O) groups excluding carboxylic acids is 3. The highest BCUT2D eigenvalue weighted by molar-refractivity contribution is 6.03. The van der Waals surface area contributed by atoms with Crippen LogP contribution in [0.5, 0.6) is 0 Å². The summed E-state index contributed by atoms with van der Waals surface area (Å²) in [5.74, 6) is -1.31. The van der Waals surface area contributed by atoms with E-state index in [-0.39, 0.29) is 17.9 Å². The number of anilines is 1. The predicted molar refractivity (Wildman–Crippen MR) is 82.2 cm³/mol. The van der Waals surface area contributed by atoms with E-state index in [2.05, 4.69) is 10.6 Å². The zero-order valence-electron chi connectivity index (χ0n) is 12.7. The standard InChI is InChI=1S/C16H16N2O5/c1-10-5-6-11(16(21)23-9-14(19)17-2)8-12(10)18-15(20)13-4-3-7-22-13/h3-8H,9H2,1-2H3,(H,17,19)(H,18,20). The largest absolute Gasteiger partial charge is 0.459 e. The summed E-state index contributed by atoms with van der Waals surface area (Å²) < 4.78 is 9.88. The van der Waals surface area contributed by atoms with E-state index in [0.29, 0.717) is 5.69 Å². The van der Waals surface area contributed by atoms with Gasteiger partial charge in [-0.15, -0.1) is 0 Å². The Labute approximate surface area is 132 Å². The average molecular weight is 316 g/mol. The van der Waals surface area contributed by atoms with Gasteiger partial charge < -0.3 is 19.8 Å². The number of benzene rings is 1. The molecule has 0 fully saturated rings. The molecule has 0 spiro atoms. The number of aryl methyl sites for hydroxylation is 1. The molecule has 0 saturated heterocycles. The Morgan fingerprint density at radius 3 is 2.65 bits per heavy atom. The van der Waals surface area contributed by atoms with E-state index in [1.54, 1.807) is 25.1 Å². The van der Waals surface area contributed by atoms with Gasteiger partial charge in [0, 0.05) is 12.7 Å². The first kappa shape index (κ1) is 16.3. The van der Waals surface area contributed by atoms with Crippen LogP contribution in [0.4, 0.5) is 5.69 Å². The molecule has 2 N–H and O–H groups in total. The van der Waals surface area contributed by atoms with Crippen molar-refractivity contribution in [3.8, 4) is 0 Å². The zero-order chi connectivity index (χ0) is 16.8. The van der Waals surface area contributed by atoms with Crippen LogP contribution in [-0.4, -0.2) is 31.4 Å². The van der Waals surface area contributed by atoms with Gasteiger partial charge in [-0.25, -0.2) is 4.79 Å². The molecule has 7 nitrogen and oxygen atoms in total. The lowest BCUT2D eigenvalue weighted by molar-refractivity contribution is -0.123. The number of ether oxygens (including phenoxy) is 1. The first-order valence-corrected chi connectivity index (χ1v) is 6.84. The van der Waals surface area contributed by atoms with Gasteiger partial charge >= 0.3 is 5.97 Å². The second-order valence-electron chi connectivity index (χ2n) is 4.71. The molecule has 2 amide bonds. The third-order valence-corrected chi connectivity index (χ3v) is 3.08. The molecule has 120 valence electrons. The molecule has 0 bridgehead atoms. The minimum Gasteiger partial charge on any atom is -0.459 e. The molecule has 1 heterocycles. The summed E-state index contributed by atoms with van der Waals surface area (Å²) in [7, 11) is 1.45. The molecule has 23 heavy (non-hydrogen) atoms. The van der Waals surface area contributed by atoms with E-state index in [9.17, 15) is 14.4 Å². The Bertz CT molecular complexity index is 722. The van der Waals surface area contributed by atoms with Gasteiger partial charge in [0.1, 0.15) is 0 Å². The number of carbonyl (C=O) groups is 3. The van der Waals surface area contributed by atoms with Crippen molar-refractivity contribution in [1.82, 2.24) is 5.32 Å². The van der Waals surface area contributed by atoms with Crippen LogP contribution >= 0.6 is 0 Å². The van der Waals surface area contributed by atoms with E-state index in [1.165, 1.54) is 25.4 Å². The quantitative estimate of drug-likeness (QED) is 0.819. The molecule has 0 aliphatic heterocycles. The molecule has 0 aliphatic carbocycles. The molecule has 0 atom stereocenters. The molecule has 7 heteroatoms. The second-order valence-corrected chi connectivity index (χ2v) is 4.71. The molecule has 0 unspecified atom stereocenters. The van der Waals surface area contributed by atoms with Crippen molar-refractivity contribution in [2.24, 2.45) is 0 Å². The third-order valence-electron chi connectivity index (χ3n) is 3.08. The number of amides is 2. The van der Waals surface area contributed by atoms with Crippen LogP contribution in [0.1, 0.15) is 26.5 Å². The number of hydrogen-bond acceptors (Lipinski definition) is 5. The van der Waals surface area contributed by atoms with Crippen molar-refractivity contribution in [2.45, 2.75) is 6.92 Å². The Morgan fingerprint density at radius 1 is 1.22 bits per heavy atom. The van der Waals surface area contributed by atoms with Crippen LogP contribution in [0.15, 0.2) is 41.0 Å². The van der Waals surface area contributed by atoms with Gasteiger partial charge in [0.15, 0.2) is 12.4 Å². The maximum atomic E-state index is 12.0. The molecule has 0 aliphatic rings. The average Bonchev–Trinajstić information content (AvgIpc) is 3.08. The minimum atomic E-state index is -0.651. The van der Waals surface area contributed by atoms with Gasteiger partial charge in [-0.05, 0) is 36.8 Å². The smallest absolute Gasteiger partial charge is 0.338 e. The van der Waals surface area contributed by atoms with Crippen molar-refractivity contribution in [2.75, 3.05) is 19.0 Å². The van der Waals surface area contributed by atoms with Gasteiger partial charge in [0.05, 0.1) is 11.8 Å². The monoisotopic (exact) mass is 316 g/mol. The van der Waals surface area contributed by atoms with Crippen LogP contribution in [0.3, 0.4) is 0 Å². The SMILES string of the molecule is CNC(=O)COC(=O)c1ccc(C)c(NC(=O)c2ccco2)c1. The summed E-state index contributed by atoms with van der Waals surface area (Å²) >= 11 is 0. The normalized spacial score (nSPS) is 10.0. The Balaban J connectivity index is 2.10. The molecular weight excluding hydrogens is 300 g/mol. The lowest BCUT2D eigenvalue weighted by atomic mass is 10.1. The number of furan rings is 1. The maximum absolute atomic E-state index is 12.0. The van der Waals surface area contributed by atoms with Gasteiger partial charge in [0.25, 0.3) is 11.8 Å². The summed E-state index contributed by atoms with van der Waals surface area (Å²) in [6, 6.07) is 7.86. The van der Waals surface area contributed by atoms with Crippen molar-refractivity contribution >= 4 is 23.5 Å². The molecule has 2 rings (SSSR count). The Morgan fingerprint density at radius 2 is 2.00 bits per heavy atom. The van der Waals surface area contributed by atoms with E-state index >= 15 is 0 Å². The highest BCUT2D eigenvalue weighted by Crippen LogP contribution is 2.18. The predicted octanol–water partition coefficient (Wildman–Crippen LogP) is 1.74. The number of likely N-dealkylation sites (N-methyl/N-ethyl adjacent to an activating group) is 1. The van der Waals surface area contributed by atoms with Crippen molar-refractivity contribution in [1.29, 1.82) is 0 Å². The maximum Gasteiger partial charge on any atom is 0.338 e. The molecular formula is C16H16N2O5. The van der Waals surface area contributed by atoms with Crippen LogP contribution in [0.2, 0.25) is 0 Å². The Kier molecular flexibility index (Phi) is 5.14. The third kappa shape index (κ3) is 4.19. The Hall–Kier alpha value is -3.09. The van der Waals surface area contributed by atoms with Crippen molar-refractivity contribution < 1.29 is 23.5 Å². The van der Waals surface area contributed by atoms with Crippen LogP contribution in [-0.2, 0) is 9.53 Å². The summed E-state index contributed by atoms with van der Waals surface area (Å²) in [4.78, 5) is 35.0. The van der Waals surface area contributed by atoms with Crippen LogP contribution < -0.4 is 10.6 Å². The number of esters is 1. The van der Waals surface area contributed by atoms with Crippen molar-refractivity contribution in [3.05, 3.63) is 53.5 Å². The zero-order valence-corrected chi connectivity index (χ0v) is 12.7. The summed E-state index contributed by atoms with van der Waals surface area (Å²) in [6.45, 7) is 1.43. The summed E-state index contributed by atoms with van der Waals surface area (Å²) in [5.41, 5.74) is 1.46. The van der Waals surface area contributed by atoms with Gasteiger partial charge in [-0.1, -0.05) is 6.07 Å². The van der Waals surface area contributed by atoms with Gasteiger partial charge in [0.2, 0.25) is 0 Å². The fraction of sp³-hybridized carbons (Fsp3) is 0.188. The minimum absolute atomic E-state index is 0.164. The molecule has 0 radical (unpaired) electrons. The van der Waals surface area contributed by atoms with Crippen LogP contribution in [0, 0.1) is 6.92 Å². The fourth-order valence-electron chi connectivity index (χ4n) is 1.76. The summed E-state index contributed by atoms with van der Waals surface area (Å²) in [6.07, 6.45) is 1.40. The first-order valence-electron chi connectivity index (χ1n) is 6.84. The van der Waals surface area contributed by atoms with E-state index in [4.69, 9.17) is 9.15 Å². The van der Waals surface area contributed by atoms with Gasteiger partial charge in [-0.3, -0.25) is 9.59 Å². The lowest BCUT2D eigenvalue weighted by Crippen LogP contribution is -2.25. The molecule has 2 aromatic rings. The van der Waals surface area contributed by atoms with Crippen molar-refractivity contribution in [3.63, 3.8) is 0 Å². The fourth-order valence-corrected chi connectivity index (χ4v) is 1.76. The van der Waals surface area contributed by atoms with Gasteiger partial charge in [-0.2, -0.15) is 0 Å². The number of nitrogens with one attached hydrogen (secondary N) is 2. The van der Waals surface area contributed by atoms with Crippen LogP contribution in [0.25, 0.3) is 0 Å². The summed E-state index contributed by atoms with van der Waals surface area (Å²) in [5, 5.41) is 5.01. The first-order chi connectivity index (χ1) is 11.0. The second kappa shape index (κ2) is 7.26. The van der Waals surface area contributed by atoms with E-state index in [1.807, 2.05) is 0 Å². The molecule has 0 saturated carbocycles. The number of hydrogen-bond donors (Lipinski definition) is 2. The van der Waals surface area contributed by atoms with E-state index in [0.717, 1.165) is 5.56 Å². The lowest BCUT2D eigenvalue weighted by Gasteiger charge is -2.10. The highest BCUT2D eigenvalue weighted by atomic mass is 16.5. The molecule has 1 aromatic carbocycles. The molecule has 1 aromatic heterocycles. The topological polar surface area (TPSA) is 97.6 Å².